The summed E-state index contributed by atoms with van der Waals surface area (Å²) in [6, 6.07) is 59.7. The van der Waals surface area contributed by atoms with Gasteiger partial charge in [0.2, 0.25) is 5.89 Å². The van der Waals surface area contributed by atoms with Crippen molar-refractivity contribution in [1.82, 2.24) is 4.98 Å². The van der Waals surface area contributed by atoms with E-state index < -0.39 is 0 Å². The second-order valence-corrected chi connectivity index (χ2v) is 11.6. The van der Waals surface area contributed by atoms with Gasteiger partial charge in [-0.1, -0.05) is 127 Å². The van der Waals surface area contributed by atoms with Gasteiger partial charge in [-0.3, -0.25) is 0 Å². The van der Waals surface area contributed by atoms with Gasteiger partial charge in [-0.25, -0.2) is 4.98 Å². The van der Waals surface area contributed by atoms with E-state index in [9.17, 15) is 0 Å². The summed E-state index contributed by atoms with van der Waals surface area (Å²) in [6.07, 6.45) is 0. The third-order valence-corrected chi connectivity index (χ3v) is 8.85. The molecule has 1 heterocycles. The second kappa shape index (κ2) is 10.8. The van der Waals surface area contributed by atoms with Crippen LogP contribution >= 0.6 is 0 Å². The fraction of sp³-hybridized carbons (Fsp3) is 0. The first kappa shape index (κ1) is 26.2. The molecule has 0 bridgehead atoms. The van der Waals surface area contributed by atoms with Crippen LogP contribution in [-0.2, 0) is 0 Å². The SMILES string of the molecule is c1ccc(-c2nc3c(o2)c2ccccc2c2ccc4ccc(N(c5ccccc5)c5ccccc5-c5ccccc5)cc4c23)cc1. The van der Waals surface area contributed by atoms with Gasteiger partial charge in [-0.15, -0.1) is 0 Å². The summed E-state index contributed by atoms with van der Waals surface area (Å²) >= 11 is 0. The molecule has 0 radical (unpaired) electrons. The van der Waals surface area contributed by atoms with E-state index in [1.807, 2.05) is 30.3 Å². The van der Waals surface area contributed by atoms with E-state index in [4.69, 9.17) is 9.40 Å². The standard InChI is InChI=1S/C43H28N2O/c1-4-14-29(15-5-1)34-20-12-13-23-39(34)45(32-18-8-3-9-19-32)33-26-24-30-25-27-36-35-21-10-11-22-37(35)42-41(40(36)38(30)28-33)44-43(46-42)31-16-6-2-7-17-31/h1-28H. The molecule has 0 atom stereocenters. The van der Waals surface area contributed by atoms with Gasteiger partial charge in [-0.05, 0) is 69.6 Å². The monoisotopic (exact) mass is 588 g/mol. The Morgan fingerprint density at radius 1 is 0.457 bits per heavy atom. The minimum Gasteiger partial charge on any atom is -0.435 e. The highest BCUT2D eigenvalue weighted by atomic mass is 16.3. The lowest BCUT2D eigenvalue weighted by molar-refractivity contribution is 0.623. The molecular weight excluding hydrogens is 560 g/mol. The van der Waals surface area contributed by atoms with Crippen molar-refractivity contribution in [2.45, 2.75) is 0 Å². The summed E-state index contributed by atoms with van der Waals surface area (Å²) in [4.78, 5) is 7.53. The van der Waals surface area contributed by atoms with E-state index in [0.29, 0.717) is 5.89 Å². The molecule has 9 aromatic rings. The number of para-hydroxylation sites is 2. The van der Waals surface area contributed by atoms with Crippen LogP contribution in [0.4, 0.5) is 17.1 Å². The average Bonchev–Trinajstić information content (AvgIpc) is 3.59. The summed E-state index contributed by atoms with van der Waals surface area (Å²) in [5.74, 6) is 0.629. The Kier molecular flexibility index (Phi) is 6.14. The topological polar surface area (TPSA) is 29.3 Å². The fourth-order valence-corrected chi connectivity index (χ4v) is 6.75. The molecule has 9 rings (SSSR count). The smallest absolute Gasteiger partial charge is 0.227 e. The zero-order chi connectivity index (χ0) is 30.5. The number of aromatic nitrogens is 1. The second-order valence-electron chi connectivity index (χ2n) is 11.6. The Hall–Kier alpha value is -6.19. The predicted molar refractivity (Wildman–Crippen MR) is 192 cm³/mol. The van der Waals surface area contributed by atoms with Crippen LogP contribution in [0.3, 0.4) is 0 Å². The van der Waals surface area contributed by atoms with Crippen molar-refractivity contribution in [2.75, 3.05) is 4.90 Å². The van der Waals surface area contributed by atoms with Crippen LogP contribution in [-0.4, -0.2) is 4.98 Å². The van der Waals surface area contributed by atoms with Crippen molar-refractivity contribution < 1.29 is 4.42 Å². The number of hydrogen-bond donors (Lipinski definition) is 0. The highest BCUT2D eigenvalue weighted by Crippen LogP contribution is 2.44. The van der Waals surface area contributed by atoms with Crippen molar-refractivity contribution >= 4 is 60.5 Å². The zero-order valence-electron chi connectivity index (χ0n) is 25.0. The minimum atomic E-state index is 0.629. The first-order valence-electron chi connectivity index (χ1n) is 15.6. The molecule has 0 amide bonds. The number of oxazole rings is 1. The van der Waals surface area contributed by atoms with Gasteiger partial charge in [0.25, 0.3) is 0 Å². The molecule has 8 aromatic carbocycles. The van der Waals surface area contributed by atoms with Crippen LogP contribution in [0.2, 0.25) is 0 Å². The molecule has 216 valence electrons. The fourth-order valence-electron chi connectivity index (χ4n) is 6.75. The van der Waals surface area contributed by atoms with Crippen molar-refractivity contribution in [3.8, 4) is 22.6 Å². The largest absolute Gasteiger partial charge is 0.435 e. The number of anilines is 3. The highest BCUT2D eigenvalue weighted by molar-refractivity contribution is 6.29. The van der Waals surface area contributed by atoms with E-state index in [2.05, 4.69) is 144 Å². The van der Waals surface area contributed by atoms with Crippen LogP contribution < -0.4 is 4.90 Å². The molecule has 1 aromatic heterocycles. The molecule has 0 spiro atoms. The first-order chi connectivity index (χ1) is 22.8. The van der Waals surface area contributed by atoms with E-state index in [0.717, 1.165) is 66.0 Å². The van der Waals surface area contributed by atoms with E-state index >= 15 is 0 Å². The summed E-state index contributed by atoms with van der Waals surface area (Å²) in [6.45, 7) is 0. The molecular formula is C43H28N2O. The van der Waals surface area contributed by atoms with Crippen molar-refractivity contribution in [3.63, 3.8) is 0 Å². The third kappa shape index (κ3) is 4.25. The average molecular weight is 589 g/mol. The molecule has 0 N–H and O–H groups in total. The third-order valence-electron chi connectivity index (χ3n) is 8.85. The minimum absolute atomic E-state index is 0.629. The summed E-state index contributed by atoms with van der Waals surface area (Å²) in [5.41, 5.74) is 8.28. The maximum absolute atomic E-state index is 6.58. The van der Waals surface area contributed by atoms with Crippen LogP contribution in [0.5, 0.6) is 0 Å². The lowest BCUT2D eigenvalue weighted by atomic mass is 9.95. The summed E-state index contributed by atoms with van der Waals surface area (Å²) < 4.78 is 6.58. The maximum atomic E-state index is 6.58. The lowest BCUT2D eigenvalue weighted by Crippen LogP contribution is -2.11. The number of fused-ring (bicyclic) bond motifs is 8. The van der Waals surface area contributed by atoms with Gasteiger partial charge in [0.05, 0.1) is 5.69 Å². The molecule has 3 heteroatoms. The molecule has 0 fully saturated rings. The Bertz CT molecular complexity index is 2520. The van der Waals surface area contributed by atoms with E-state index in [1.165, 1.54) is 11.1 Å². The molecule has 46 heavy (non-hydrogen) atoms. The van der Waals surface area contributed by atoms with Gasteiger partial charge in [0.1, 0.15) is 5.52 Å². The normalized spacial score (nSPS) is 11.5. The maximum Gasteiger partial charge on any atom is 0.227 e. The van der Waals surface area contributed by atoms with Gasteiger partial charge < -0.3 is 9.32 Å². The number of benzene rings is 8. The quantitative estimate of drug-likeness (QED) is 0.187. The van der Waals surface area contributed by atoms with E-state index in [1.54, 1.807) is 0 Å². The Labute approximate surface area is 266 Å². The predicted octanol–water partition coefficient (Wildman–Crippen LogP) is 12.1. The molecule has 0 aliphatic rings. The van der Waals surface area contributed by atoms with Crippen molar-refractivity contribution in [1.29, 1.82) is 0 Å². The Morgan fingerprint density at radius 3 is 1.87 bits per heavy atom. The zero-order valence-corrected chi connectivity index (χ0v) is 25.0. The molecule has 0 unspecified atom stereocenters. The van der Waals surface area contributed by atoms with E-state index in [-0.39, 0.29) is 0 Å². The van der Waals surface area contributed by atoms with Gasteiger partial charge in [0, 0.05) is 33.3 Å². The molecule has 0 saturated carbocycles. The van der Waals surface area contributed by atoms with Crippen LogP contribution in [0, 0.1) is 0 Å². The number of rotatable bonds is 5. The molecule has 0 saturated heterocycles. The Balaban J connectivity index is 1.36. The van der Waals surface area contributed by atoms with Crippen LogP contribution in [0.25, 0.3) is 66.0 Å². The Morgan fingerprint density at radius 2 is 1.09 bits per heavy atom. The highest BCUT2D eigenvalue weighted by Gasteiger charge is 2.21. The van der Waals surface area contributed by atoms with Gasteiger partial charge in [0.15, 0.2) is 5.58 Å². The molecule has 3 nitrogen and oxygen atoms in total. The number of hydrogen-bond acceptors (Lipinski definition) is 3. The van der Waals surface area contributed by atoms with Crippen molar-refractivity contribution in [2.24, 2.45) is 0 Å². The lowest BCUT2D eigenvalue weighted by Gasteiger charge is -2.28. The van der Waals surface area contributed by atoms with Crippen LogP contribution in [0.15, 0.2) is 174 Å². The summed E-state index contributed by atoms with van der Waals surface area (Å²) in [7, 11) is 0. The van der Waals surface area contributed by atoms with Crippen LogP contribution in [0.1, 0.15) is 0 Å². The van der Waals surface area contributed by atoms with Gasteiger partial charge in [-0.2, -0.15) is 0 Å². The van der Waals surface area contributed by atoms with Gasteiger partial charge >= 0.3 is 0 Å². The van der Waals surface area contributed by atoms with Crippen molar-refractivity contribution in [3.05, 3.63) is 170 Å². The molecule has 0 aliphatic carbocycles. The number of nitrogens with zero attached hydrogens (tertiary/aromatic N) is 2. The first-order valence-corrected chi connectivity index (χ1v) is 15.6. The summed E-state index contributed by atoms with van der Waals surface area (Å²) in [5, 5.41) is 6.78. The molecule has 0 aliphatic heterocycles.